The molecule has 1 aliphatic rings. The van der Waals surface area contributed by atoms with E-state index in [-0.39, 0.29) is 11.7 Å². The second-order valence-electron chi connectivity index (χ2n) is 5.34. The molecule has 0 bridgehead atoms. The van der Waals surface area contributed by atoms with Gasteiger partial charge in [0, 0.05) is 15.8 Å². The summed E-state index contributed by atoms with van der Waals surface area (Å²) < 4.78 is 19.3. The van der Waals surface area contributed by atoms with Crippen LogP contribution in [0.3, 0.4) is 0 Å². The topological polar surface area (TPSA) is 49.7 Å². The molecule has 3 rings (SSSR count). The van der Waals surface area contributed by atoms with Gasteiger partial charge in [0.2, 0.25) is 0 Å². The Kier molecular flexibility index (Phi) is 5.69. The average molecular weight is 427 g/mol. The number of aromatic nitrogens is 1. The van der Waals surface area contributed by atoms with Crippen LogP contribution in [0.2, 0.25) is 0 Å². The number of hydrogen-bond donors (Lipinski definition) is 0. The molecule has 6 heteroatoms. The Bertz CT molecular complexity index is 710. The first-order valence-corrected chi connectivity index (χ1v) is 8.56. The monoisotopic (exact) mass is 427 g/mol. The van der Waals surface area contributed by atoms with Crippen molar-refractivity contribution < 1.29 is 14.2 Å². The molecule has 1 aliphatic heterocycles. The lowest BCUT2D eigenvalue weighted by molar-refractivity contribution is -0.101. The van der Waals surface area contributed by atoms with Gasteiger partial charge < -0.3 is 18.8 Å². The second-order valence-corrected chi connectivity index (χ2v) is 6.58. The lowest BCUT2D eigenvalue weighted by atomic mass is 10.2. The largest absolute Gasteiger partial charge is 0.491 e. The van der Waals surface area contributed by atoms with Crippen molar-refractivity contribution in [2.45, 2.75) is 12.6 Å². The molecule has 1 fully saturated rings. The van der Waals surface area contributed by atoms with Crippen LogP contribution in [-0.2, 0) is 16.0 Å². The Morgan fingerprint density at radius 3 is 2.91 bits per heavy atom. The predicted molar refractivity (Wildman–Crippen MR) is 95.0 cm³/mol. The minimum absolute atomic E-state index is 0.0717. The Morgan fingerprint density at radius 1 is 1.26 bits per heavy atom. The summed E-state index contributed by atoms with van der Waals surface area (Å²) in [5.41, 5.74) is 1.02. The second kappa shape index (κ2) is 7.94. The van der Waals surface area contributed by atoms with Crippen LogP contribution in [0.1, 0.15) is 5.56 Å². The van der Waals surface area contributed by atoms with Gasteiger partial charge in [-0.25, -0.2) is 0 Å². The van der Waals surface area contributed by atoms with Crippen LogP contribution in [0.15, 0.2) is 47.4 Å². The summed E-state index contributed by atoms with van der Waals surface area (Å²) in [5.74, 6) is 0.558. The molecule has 2 aromatic rings. The third kappa shape index (κ3) is 4.79. The van der Waals surface area contributed by atoms with Crippen LogP contribution < -0.4 is 10.3 Å². The summed E-state index contributed by atoms with van der Waals surface area (Å²) in [7, 11) is 0. The van der Waals surface area contributed by atoms with Crippen molar-refractivity contribution in [3.63, 3.8) is 0 Å². The average Bonchev–Trinajstić information content (AvgIpc) is 2.56. The van der Waals surface area contributed by atoms with Crippen molar-refractivity contribution in [3.05, 3.63) is 62.1 Å². The van der Waals surface area contributed by atoms with Crippen LogP contribution in [0, 0.1) is 3.57 Å². The van der Waals surface area contributed by atoms with Crippen molar-refractivity contribution in [1.29, 1.82) is 0 Å². The molecule has 1 atom stereocenters. The Morgan fingerprint density at radius 2 is 2.17 bits per heavy atom. The zero-order valence-corrected chi connectivity index (χ0v) is 14.8. The molecule has 1 aromatic carbocycles. The van der Waals surface area contributed by atoms with E-state index < -0.39 is 0 Å². The van der Waals surface area contributed by atoms with Gasteiger partial charge in [-0.1, -0.05) is 12.1 Å². The molecular weight excluding hydrogens is 409 g/mol. The lowest BCUT2D eigenvalue weighted by Gasteiger charge is -2.22. The molecule has 0 N–H and O–H groups in total. The number of rotatable bonds is 5. The van der Waals surface area contributed by atoms with Gasteiger partial charge in [-0.15, -0.1) is 0 Å². The van der Waals surface area contributed by atoms with Crippen LogP contribution >= 0.6 is 22.6 Å². The minimum atomic E-state index is -0.0813. The highest BCUT2D eigenvalue weighted by Crippen LogP contribution is 2.11. The fourth-order valence-corrected chi connectivity index (χ4v) is 2.97. The van der Waals surface area contributed by atoms with Gasteiger partial charge in [0.05, 0.1) is 26.4 Å². The van der Waals surface area contributed by atoms with E-state index in [1.807, 2.05) is 18.2 Å². The van der Waals surface area contributed by atoms with Crippen molar-refractivity contribution in [1.82, 2.24) is 4.57 Å². The van der Waals surface area contributed by atoms with Gasteiger partial charge in [0.25, 0.3) is 5.56 Å². The molecule has 0 spiro atoms. The quantitative estimate of drug-likeness (QED) is 0.688. The molecule has 0 amide bonds. The van der Waals surface area contributed by atoms with Gasteiger partial charge >= 0.3 is 0 Å². The number of nitrogens with zero attached hydrogens (tertiary/aromatic N) is 1. The van der Waals surface area contributed by atoms with E-state index in [1.165, 1.54) is 6.07 Å². The number of benzene rings is 1. The third-order valence-corrected chi connectivity index (χ3v) is 4.20. The van der Waals surface area contributed by atoms with Crippen molar-refractivity contribution in [2.75, 3.05) is 26.4 Å². The van der Waals surface area contributed by atoms with E-state index in [9.17, 15) is 4.79 Å². The maximum absolute atomic E-state index is 12.2. The van der Waals surface area contributed by atoms with Gasteiger partial charge in [0.15, 0.2) is 0 Å². The first-order chi connectivity index (χ1) is 11.2. The van der Waals surface area contributed by atoms with Gasteiger partial charge in [-0.3, -0.25) is 4.79 Å². The summed E-state index contributed by atoms with van der Waals surface area (Å²) in [6.45, 7) is 2.69. The van der Waals surface area contributed by atoms with Crippen molar-refractivity contribution in [2.24, 2.45) is 0 Å². The fourth-order valence-electron chi connectivity index (χ4n) is 2.36. The first-order valence-electron chi connectivity index (χ1n) is 7.48. The molecular formula is C17H18INO4. The molecule has 1 aromatic heterocycles. The molecule has 1 unspecified atom stereocenters. The van der Waals surface area contributed by atoms with E-state index in [1.54, 1.807) is 16.8 Å². The maximum atomic E-state index is 12.2. The maximum Gasteiger partial charge on any atom is 0.254 e. The molecule has 0 radical (unpaired) electrons. The van der Waals surface area contributed by atoms with Crippen LogP contribution in [0.25, 0.3) is 0 Å². The summed E-state index contributed by atoms with van der Waals surface area (Å²) in [5, 5.41) is 0. The lowest BCUT2D eigenvalue weighted by Crippen LogP contribution is -2.33. The summed E-state index contributed by atoms with van der Waals surface area (Å²) >= 11 is 2.26. The van der Waals surface area contributed by atoms with Crippen LogP contribution in [0.4, 0.5) is 0 Å². The zero-order chi connectivity index (χ0) is 16.1. The number of ether oxygens (including phenoxy) is 3. The SMILES string of the molecule is O=c1cc(OCC2COCCO2)ccn1Cc1cccc(I)c1. The fraction of sp³-hybridized carbons (Fsp3) is 0.353. The van der Waals surface area contributed by atoms with Gasteiger partial charge in [0.1, 0.15) is 18.5 Å². The summed E-state index contributed by atoms with van der Waals surface area (Å²) in [4.78, 5) is 12.2. The highest BCUT2D eigenvalue weighted by Gasteiger charge is 2.15. The van der Waals surface area contributed by atoms with Crippen LogP contribution in [0.5, 0.6) is 5.75 Å². The first kappa shape index (κ1) is 16.5. The van der Waals surface area contributed by atoms with E-state index in [4.69, 9.17) is 14.2 Å². The highest BCUT2D eigenvalue weighted by atomic mass is 127. The number of pyridine rings is 1. The van der Waals surface area contributed by atoms with Crippen LogP contribution in [-0.4, -0.2) is 37.1 Å². The molecule has 5 nitrogen and oxygen atoms in total. The number of halogens is 1. The normalized spacial score (nSPS) is 17.9. The van der Waals surface area contributed by atoms with E-state index in [0.717, 1.165) is 9.13 Å². The van der Waals surface area contributed by atoms with Crippen molar-refractivity contribution in [3.8, 4) is 5.75 Å². The Hall–Kier alpha value is -1.38. The predicted octanol–water partition coefficient (Wildman–Crippen LogP) is 2.30. The van der Waals surface area contributed by atoms with Crippen molar-refractivity contribution >= 4 is 22.6 Å². The van der Waals surface area contributed by atoms with E-state index in [2.05, 4.69) is 28.7 Å². The molecule has 2 heterocycles. The Balaban J connectivity index is 1.62. The highest BCUT2D eigenvalue weighted by molar-refractivity contribution is 14.1. The summed E-state index contributed by atoms with van der Waals surface area (Å²) in [6, 6.07) is 11.4. The molecule has 1 saturated heterocycles. The smallest absolute Gasteiger partial charge is 0.254 e. The minimum Gasteiger partial charge on any atom is -0.491 e. The van der Waals surface area contributed by atoms with Gasteiger partial charge in [-0.05, 0) is 46.4 Å². The molecule has 0 saturated carbocycles. The Labute approximate surface area is 148 Å². The summed E-state index contributed by atoms with van der Waals surface area (Å²) in [6.07, 6.45) is 1.69. The van der Waals surface area contributed by atoms with E-state index >= 15 is 0 Å². The molecule has 0 aliphatic carbocycles. The standard InChI is InChI=1S/C17H18INO4/c18-14-3-1-2-13(8-14)10-19-5-4-15(9-17(19)20)23-12-16-11-21-6-7-22-16/h1-5,8-9,16H,6-7,10-12H2. The molecule has 122 valence electrons. The third-order valence-electron chi connectivity index (χ3n) is 3.53. The van der Waals surface area contributed by atoms with Gasteiger partial charge in [-0.2, -0.15) is 0 Å². The molecule has 23 heavy (non-hydrogen) atoms. The number of hydrogen-bond acceptors (Lipinski definition) is 4. The zero-order valence-electron chi connectivity index (χ0n) is 12.6. The van der Waals surface area contributed by atoms with E-state index in [0.29, 0.717) is 38.7 Å².